The number of anilines is 1. The molecule has 0 amide bonds. The number of methoxy groups -OCH3 is 2. The fourth-order valence-corrected chi connectivity index (χ4v) is 4.14. The fraction of sp³-hybridized carbons (Fsp3) is 0.208. The molecule has 2 aromatic carbocycles. The van der Waals surface area contributed by atoms with Crippen LogP contribution in [0.1, 0.15) is 23.6 Å². The Kier molecular flexibility index (Phi) is 4.67. The summed E-state index contributed by atoms with van der Waals surface area (Å²) in [6.07, 6.45) is 5.82. The monoisotopic (exact) mass is 398 g/mol. The van der Waals surface area contributed by atoms with Crippen LogP contribution in [0.15, 0.2) is 60.9 Å². The van der Waals surface area contributed by atoms with E-state index in [-0.39, 0.29) is 0 Å². The fourth-order valence-electron chi connectivity index (χ4n) is 4.14. The van der Waals surface area contributed by atoms with Crippen LogP contribution in [0, 0.1) is 0 Å². The minimum absolute atomic E-state index is 0.305. The minimum Gasteiger partial charge on any atom is -0.493 e. The normalized spacial score (nSPS) is 15.1. The van der Waals surface area contributed by atoms with Crippen LogP contribution in [-0.2, 0) is 6.42 Å². The van der Waals surface area contributed by atoms with Crippen LogP contribution in [0.4, 0.5) is 5.82 Å². The van der Waals surface area contributed by atoms with Gasteiger partial charge in [-0.15, -0.1) is 0 Å². The number of nitrogens with zero attached hydrogens (tertiary/aromatic N) is 3. The Bertz CT molecular complexity index is 1210. The summed E-state index contributed by atoms with van der Waals surface area (Å²) in [5.41, 5.74) is 5.46. The van der Waals surface area contributed by atoms with Crippen LogP contribution < -0.4 is 14.8 Å². The van der Waals surface area contributed by atoms with E-state index >= 15 is 0 Å². The molecule has 5 rings (SSSR count). The van der Waals surface area contributed by atoms with E-state index in [4.69, 9.17) is 9.47 Å². The first-order chi connectivity index (χ1) is 14.8. The van der Waals surface area contributed by atoms with E-state index in [1.165, 1.54) is 11.1 Å². The predicted octanol–water partition coefficient (Wildman–Crippen LogP) is 4.81. The number of aromatic nitrogens is 3. The van der Waals surface area contributed by atoms with Gasteiger partial charge in [0, 0.05) is 28.8 Å². The summed E-state index contributed by atoms with van der Waals surface area (Å²) < 4.78 is 10.8. The maximum absolute atomic E-state index is 5.46. The number of nitrogens with one attached hydrogen (secondary N) is 1. The van der Waals surface area contributed by atoms with Crippen molar-refractivity contribution in [1.29, 1.82) is 0 Å². The van der Waals surface area contributed by atoms with E-state index in [1.807, 2.05) is 24.4 Å². The number of fused-ring (bicyclic) bond motifs is 2. The van der Waals surface area contributed by atoms with Gasteiger partial charge in [-0.3, -0.25) is 0 Å². The van der Waals surface area contributed by atoms with Crippen molar-refractivity contribution in [2.45, 2.75) is 18.9 Å². The third-order valence-electron chi connectivity index (χ3n) is 5.67. The molecule has 0 saturated carbocycles. The molecule has 0 fully saturated rings. The van der Waals surface area contributed by atoms with Crippen molar-refractivity contribution in [1.82, 2.24) is 15.2 Å². The van der Waals surface area contributed by atoms with Crippen molar-refractivity contribution in [3.05, 3.63) is 72.1 Å². The Hall–Kier alpha value is -3.67. The number of ether oxygens (including phenoxy) is 2. The SMILES string of the molecule is COc1cc2nncc(-c3ccc(NC4CCc5ccccc54)nc3)c2cc1OC. The second-order valence-electron chi connectivity index (χ2n) is 7.35. The van der Waals surface area contributed by atoms with Crippen LogP contribution in [0.2, 0.25) is 0 Å². The van der Waals surface area contributed by atoms with Gasteiger partial charge in [0.1, 0.15) is 5.82 Å². The second-order valence-corrected chi connectivity index (χ2v) is 7.35. The summed E-state index contributed by atoms with van der Waals surface area (Å²) in [6.45, 7) is 0. The third-order valence-corrected chi connectivity index (χ3v) is 5.67. The van der Waals surface area contributed by atoms with Crippen LogP contribution >= 0.6 is 0 Å². The lowest BCUT2D eigenvalue weighted by Gasteiger charge is -2.15. The Morgan fingerprint density at radius 2 is 1.80 bits per heavy atom. The number of hydrogen-bond donors (Lipinski definition) is 1. The van der Waals surface area contributed by atoms with E-state index in [9.17, 15) is 0 Å². The molecular formula is C24H22N4O2. The summed E-state index contributed by atoms with van der Waals surface area (Å²) >= 11 is 0. The molecule has 0 saturated heterocycles. The van der Waals surface area contributed by atoms with Crippen LogP contribution in [0.5, 0.6) is 11.5 Å². The van der Waals surface area contributed by atoms with Gasteiger partial charge in [-0.1, -0.05) is 24.3 Å². The lowest BCUT2D eigenvalue weighted by atomic mass is 10.0. The van der Waals surface area contributed by atoms with E-state index in [1.54, 1.807) is 20.4 Å². The highest BCUT2D eigenvalue weighted by Gasteiger charge is 2.22. The number of aryl methyl sites for hydroxylation is 1. The quantitative estimate of drug-likeness (QED) is 0.520. The van der Waals surface area contributed by atoms with Gasteiger partial charge < -0.3 is 14.8 Å². The Labute approximate surface area is 174 Å². The van der Waals surface area contributed by atoms with Gasteiger partial charge in [0.25, 0.3) is 0 Å². The minimum atomic E-state index is 0.305. The molecule has 6 heteroatoms. The standard InChI is InChI=1S/C24H22N4O2/c1-29-22-11-18-19(14-26-28-21(18)12-23(22)30-2)16-8-10-24(25-13-16)27-20-9-7-15-5-3-4-6-17(15)20/h3-6,8,10-14,20H,7,9H2,1-2H3,(H,25,27). The number of hydrogen-bond acceptors (Lipinski definition) is 6. The maximum atomic E-state index is 5.46. The molecule has 6 nitrogen and oxygen atoms in total. The topological polar surface area (TPSA) is 69.2 Å². The van der Waals surface area contributed by atoms with Crippen LogP contribution in [0.3, 0.4) is 0 Å². The second kappa shape index (κ2) is 7.63. The maximum Gasteiger partial charge on any atom is 0.162 e. The molecule has 150 valence electrons. The zero-order valence-corrected chi connectivity index (χ0v) is 16.9. The van der Waals surface area contributed by atoms with Crippen LogP contribution in [0.25, 0.3) is 22.0 Å². The molecule has 2 aromatic heterocycles. The van der Waals surface area contributed by atoms with Gasteiger partial charge in [0.05, 0.1) is 32.0 Å². The first-order valence-corrected chi connectivity index (χ1v) is 9.95. The number of rotatable bonds is 5. The number of benzene rings is 2. The van der Waals surface area contributed by atoms with E-state index in [0.29, 0.717) is 17.5 Å². The summed E-state index contributed by atoms with van der Waals surface area (Å²) in [5, 5.41) is 12.9. The van der Waals surface area contributed by atoms with Gasteiger partial charge in [0.2, 0.25) is 0 Å². The van der Waals surface area contributed by atoms with Gasteiger partial charge in [-0.2, -0.15) is 10.2 Å². The Morgan fingerprint density at radius 3 is 2.60 bits per heavy atom. The summed E-state index contributed by atoms with van der Waals surface area (Å²) in [5.74, 6) is 2.15. The zero-order chi connectivity index (χ0) is 20.5. The lowest BCUT2D eigenvalue weighted by Crippen LogP contribution is -2.08. The first-order valence-electron chi connectivity index (χ1n) is 9.95. The van der Waals surface area contributed by atoms with E-state index in [0.717, 1.165) is 40.7 Å². The third kappa shape index (κ3) is 3.20. The number of pyridine rings is 1. The molecule has 2 heterocycles. The van der Waals surface area contributed by atoms with Crippen molar-refractivity contribution in [2.75, 3.05) is 19.5 Å². The predicted molar refractivity (Wildman–Crippen MR) is 117 cm³/mol. The molecule has 30 heavy (non-hydrogen) atoms. The van der Waals surface area contributed by atoms with Crippen molar-refractivity contribution >= 4 is 16.7 Å². The van der Waals surface area contributed by atoms with Crippen molar-refractivity contribution in [3.8, 4) is 22.6 Å². The molecule has 1 aliphatic carbocycles. The molecule has 1 N–H and O–H groups in total. The molecule has 1 aliphatic rings. The summed E-state index contributed by atoms with van der Waals surface area (Å²) in [7, 11) is 3.24. The summed E-state index contributed by atoms with van der Waals surface area (Å²) in [4.78, 5) is 4.66. The summed E-state index contributed by atoms with van der Waals surface area (Å²) in [6, 6.07) is 16.8. The average Bonchev–Trinajstić information content (AvgIpc) is 3.21. The van der Waals surface area contributed by atoms with Gasteiger partial charge in [-0.25, -0.2) is 4.98 Å². The largest absolute Gasteiger partial charge is 0.493 e. The highest BCUT2D eigenvalue weighted by molar-refractivity contribution is 5.95. The van der Waals surface area contributed by atoms with Crippen molar-refractivity contribution < 1.29 is 9.47 Å². The van der Waals surface area contributed by atoms with Crippen LogP contribution in [-0.4, -0.2) is 29.4 Å². The molecule has 0 spiro atoms. The molecule has 1 atom stereocenters. The first kappa shape index (κ1) is 18.4. The highest BCUT2D eigenvalue weighted by Crippen LogP contribution is 2.36. The van der Waals surface area contributed by atoms with Gasteiger partial charge >= 0.3 is 0 Å². The zero-order valence-electron chi connectivity index (χ0n) is 16.9. The smallest absolute Gasteiger partial charge is 0.162 e. The molecule has 1 unspecified atom stereocenters. The van der Waals surface area contributed by atoms with Crippen molar-refractivity contribution in [2.24, 2.45) is 0 Å². The highest BCUT2D eigenvalue weighted by atomic mass is 16.5. The Balaban J connectivity index is 1.45. The Morgan fingerprint density at radius 1 is 0.967 bits per heavy atom. The molecule has 0 bridgehead atoms. The van der Waals surface area contributed by atoms with Gasteiger partial charge in [-0.05, 0) is 42.2 Å². The molecule has 4 aromatic rings. The van der Waals surface area contributed by atoms with Crippen molar-refractivity contribution in [3.63, 3.8) is 0 Å². The van der Waals surface area contributed by atoms with E-state index in [2.05, 4.69) is 50.8 Å². The molecule has 0 radical (unpaired) electrons. The lowest BCUT2D eigenvalue weighted by molar-refractivity contribution is 0.356. The average molecular weight is 398 g/mol. The molecular weight excluding hydrogens is 376 g/mol. The molecule has 0 aliphatic heterocycles. The van der Waals surface area contributed by atoms with Gasteiger partial charge in [0.15, 0.2) is 11.5 Å². The van der Waals surface area contributed by atoms with E-state index < -0.39 is 0 Å².